The molecule has 0 radical (unpaired) electrons. The van der Waals surface area contributed by atoms with Crippen molar-refractivity contribution in [3.63, 3.8) is 0 Å². The summed E-state index contributed by atoms with van der Waals surface area (Å²) in [6.45, 7) is 7.40. The number of nitrogens with zero attached hydrogens (tertiary/aromatic N) is 1. The molecular weight excluding hydrogens is 382 g/mol. The zero-order valence-corrected chi connectivity index (χ0v) is 16.8. The molecule has 5 heteroatoms. The van der Waals surface area contributed by atoms with Gasteiger partial charge < -0.3 is 14.0 Å². The number of aromatic nitrogens is 1. The molecule has 2 aromatic rings. The molecule has 134 valence electrons. The topological polar surface area (TPSA) is 40.5 Å². The van der Waals surface area contributed by atoms with E-state index < -0.39 is 0 Å². The van der Waals surface area contributed by atoms with Gasteiger partial charge >= 0.3 is 5.97 Å². The fourth-order valence-corrected chi connectivity index (χ4v) is 4.04. The molecule has 0 spiro atoms. The normalized spacial score (nSPS) is 12.7. The van der Waals surface area contributed by atoms with Crippen LogP contribution in [0, 0.1) is 5.92 Å². The molecular formula is C20H24BrNO3. The summed E-state index contributed by atoms with van der Waals surface area (Å²) in [7, 11) is 1.68. The quantitative estimate of drug-likeness (QED) is 0.666. The number of hydrogen-bond acceptors (Lipinski definition) is 3. The summed E-state index contributed by atoms with van der Waals surface area (Å²) >= 11 is 3.60. The number of ether oxygens (including phenoxy) is 2. The van der Waals surface area contributed by atoms with Crippen molar-refractivity contribution in [1.82, 2.24) is 4.57 Å². The third kappa shape index (κ3) is 3.34. The second kappa shape index (κ2) is 7.24. The highest BCUT2D eigenvalue weighted by Crippen LogP contribution is 2.40. The molecule has 0 unspecified atom stereocenters. The molecule has 1 aromatic heterocycles. The lowest BCUT2D eigenvalue weighted by Crippen LogP contribution is -2.18. The van der Waals surface area contributed by atoms with Crippen LogP contribution < -0.4 is 4.74 Å². The average Bonchev–Trinajstić information content (AvgIpc) is 2.93. The molecule has 1 aliphatic rings. The third-order valence-electron chi connectivity index (χ3n) is 4.53. The summed E-state index contributed by atoms with van der Waals surface area (Å²) in [6.07, 6.45) is 1.80. The van der Waals surface area contributed by atoms with Gasteiger partial charge in [0.2, 0.25) is 0 Å². The fourth-order valence-electron chi connectivity index (χ4n) is 3.54. The van der Waals surface area contributed by atoms with Crippen molar-refractivity contribution in [2.45, 2.75) is 40.2 Å². The third-order valence-corrected chi connectivity index (χ3v) is 5.15. The molecule has 0 saturated carbocycles. The number of benzene rings is 1. The Kier molecular flexibility index (Phi) is 5.23. The van der Waals surface area contributed by atoms with Crippen LogP contribution in [0.25, 0.3) is 11.3 Å². The molecule has 0 amide bonds. The molecule has 2 heterocycles. The molecule has 1 aliphatic heterocycles. The van der Waals surface area contributed by atoms with Crippen molar-refractivity contribution in [3.8, 4) is 17.0 Å². The monoisotopic (exact) mass is 405 g/mol. The van der Waals surface area contributed by atoms with Crippen LogP contribution in [0.2, 0.25) is 0 Å². The lowest BCUT2D eigenvalue weighted by Gasteiger charge is -2.23. The van der Waals surface area contributed by atoms with Gasteiger partial charge in [-0.3, -0.25) is 0 Å². The maximum absolute atomic E-state index is 12.4. The van der Waals surface area contributed by atoms with Gasteiger partial charge in [0, 0.05) is 12.1 Å². The van der Waals surface area contributed by atoms with E-state index in [0.29, 0.717) is 18.2 Å². The summed E-state index contributed by atoms with van der Waals surface area (Å²) in [5.74, 6) is 1.11. The van der Waals surface area contributed by atoms with E-state index in [9.17, 15) is 4.79 Å². The van der Waals surface area contributed by atoms with Crippen LogP contribution in [0.1, 0.15) is 42.4 Å². The van der Waals surface area contributed by atoms with Gasteiger partial charge in [0.1, 0.15) is 11.4 Å². The second-order valence-electron chi connectivity index (χ2n) is 6.77. The Hall–Kier alpha value is -1.75. The Balaban J connectivity index is 2.18. The first-order valence-electron chi connectivity index (χ1n) is 8.72. The van der Waals surface area contributed by atoms with E-state index in [-0.39, 0.29) is 5.97 Å². The van der Waals surface area contributed by atoms with E-state index in [1.807, 2.05) is 13.0 Å². The largest absolute Gasteiger partial charge is 0.496 e. The standard InChI is InChI=1S/C20H24BrNO3/c1-5-25-20(23)17-9-14(8-12(2)3)19-15-11-16(21)18(24-4)10-13(15)6-7-22(17)19/h9-12H,5-8H2,1-4H3. The summed E-state index contributed by atoms with van der Waals surface area (Å²) in [6, 6.07) is 6.22. The number of aryl methyl sites for hydroxylation is 1. The summed E-state index contributed by atoms with van der Waals surface area (Å²) in [5.41, 5.74) is 5.43. The number of methoxy groups -OCH3 is 1. The van der Waals surface area contributed by atoms with Gasteiger partial charge in [-0.05, 0) is 70.9 Å². The molecule has 0 N–H and O–H groups in total. The van der Waals surface area contributed by atoms with Crippen LogP contribution in [0.15, 0.2) is 22.7 Å². The van der Waals surface area contributed by atoms with Crippen LogP contribution >= 0.6 is 15.9 Å². The maximum Gasteiger partial charge on any atom is 0.354 e. The van der Waals surface area contributed by atoms with Crippen molar-refractivity contribution < 1.29 is 14.3 Å². The van der Waals surface area contributed by atoms with Crippen LogP contribution in [0.4, 0.5) is 0 Å². The highest BCUT2D eigenvalue weighted by atomic mass is 79.9. The van der Waals surface area contributed by atoms with Gasteiger partial charge in [-0.25, -0.2) is 4.79 Å². The van der Waals surface area contributed by atoms with Crippen LogP contribution in [-0.2, 0) is 24.1 Å². The minimum absolute atomic E-state index is 0.241. The summed E-state index contributed by atoms with van der Waals surface area (Å²) < 4.78 is 13.8. The van der Waals surface area contributed by atoms with Crippen molar-refractivity contribution in [2.24, 2.45) is 5.92 Å². The molecule has 0 saturated heterocycles. The number of fused-ring (bicyclic) bond motifs is 3. The van der Waals surface area contributed by atoms with E-state index in [4.69, 9.17) is 9.47 Å². The van der Waals surface area contributed by atoms with Crippen molar-refractivity contribution in [1.29, 1.82) is 0 Å². The van der Waals surface area contributed by atoms with Crippen LogP contribution in [0.5, 0.6) is 5.75 Å². The predicted molar refractivity (Wildman–Crippen MR) is 102 cm³/mol. The van der Waals surface area contributed by atoms with Crippen LogP contribution in [-0.4, -0.2) is 24.3 Å². The van der Waals surface area contributed by atoms with Gasteiger partial charge in [0.15, 0.2) is 0 Å². The Morgan fingerprint density at radius 2 is 2.08 bits per heavy atom. The van der Waals surface area contributed by atoms with Gasteiger partial charge in [-0.2, -0.15) is 0 Å². The summed E-state index contributed by atoms with van der Waals surface area (Å²) in [5, 5.41) is 0. The number of halogens is 1. The van der Waals surface area contributed by atoms with Gasteiger partial charge in [0.25, 0.3) is 0 Å². The SMILES string of the molecule is CCOC(=O)c1cc(CC(C)C)c2n1CCc1cc(OC)c(Br)cc1-2. The highest BCUT2D eigenvalue weighted by Gasteiger charge is 2.27. The smallest absolute Gasteiger partial charge is 0.354 e. The first-order valence-corrected chi connectivity index (χ1v) is 9.51. The van der Waals surface area contributed by atoms with E-state index >= 15 is 0 Å². The molecule has 1 aromatic carbocycles. The zero-order chi connectivity index (χ0) is 18.1. The minimum Gasteiger partial charge on any atom is -0.496 e. The van der Waals surface area contributed by atoms with Crippen LogP contribution in [0.3, 0.4) is 0 Å². The highest BCUT2D eigenvalue weighted by molar-refractivity contribution is 9.10. The van der Waals surface area contributed by atoms with Gasteiger partial charge in [-0.15, -0.1) is 0 Å². The number of carbonyl (C=O) groups excluding carboxylic acids is 1. The first kappa shape index (κ1) is 18.1. The van der Waals surface area contributed by atoms with E-state index in [2.05, 4.69) is 46.5 Å². The number of carbonyl (C=O) groups is 1. The number of hydrogen-bond donors (Lipinski definition) is 0. The molecule has 0 aliphatic carbocycles. The van der Waals surface area contributed by atoms with Crippen molar-refractivity contribution in [2.75, 3.05) is 13.7 Å². The maximum atomic E-state index is 12.4. The minimum atomic E-state index is -0.241. The Morgan fingerprint density at radius 1 is 1.32 bits per heavy atom. The molecule has 3 rings (SSSR count). The molecule has 25 heavy (non-hydrogen) atoms. The van der Waals surface area contributed by atoms with Crippen molar-refractivity contribution >= 4 is 21.9 Å². The number of rotatable bonds is 5. The van der Waals surface area contributed by atoms with E-state index in [1.165, 1.54) is 16.7 Å². The average molecular weight is 406 g/mol. The Morgan fingerprint density at radius 3 is 2.72 bits per heavy atom. The molecule has 0 fully saturated rings. The Labute approximate surface area is 157 Å². The van der Waals surface area contributed by atoms with E-state index in [1.54, 1.807) is 7.11 Å². The van der Waals surface area contributed by atoms with Crippen molar-refractivity contribution in [3.05, 3.63) is 39.5 Å². The molecule has 4 nitrogen and oxygen atoms in total. The lowest BCUT2D eigenvalue weighted by atomic mass is 9.93. The predicted octanol–water partition coefficient (Wildman–Crippen LogP) is 4.86. The fraction of sp³-hybridized carbons (Fsp3) is 0.450. The van der Waals surface area contributed by atoms with Gasteiger partial charge in [-0.1, -0.05) is 13.8 Å². The molecule has 0 atom stereocenters. The first-order chi connectivity index (χ1) is 12.0. The molecule has 0 bridgehead atoms. The summed E-state index contributed by atoms with van der Waals surface area (Å²) in [4.78, 5) is 12.4. The second-order valence-corrected chi connectivity index (χ2v) is 7.62. The number of esters is 1. The van der Waals surface area contributed by atoms with E-state index in [0.717, 1.165) is 35.3 Å². The lowest BCUT2D eigenvalue weighted by molar-refractivity contribution is 0.0513. The van der Waals surface area contributed by atoms with Gasteiger partial charge in [0.05, 0.1) is 23.9 Å². The Bertz CT molecular complexity index is 808. The zero-order valence-electron chi connectivity index (χ0n) is 15.2.